The molecule has 2 amide bonds. The highest BCUT2D eigenvalue weighted by molar-refractivity contribution is 5.83. The molecular weight excluding hydrogens is 328 g/mol. The molecule has 0 fully saturated rings. The molecule has 26 heavy (non-hydrogen) atoms. The molecular formula is C21H26N2O3. The van der Waals surface area contributed by atoms with E-state index in [1.807, 2.05) is 43.3 Å². The number of para-hydroxylation sites is 1. The van der Waals surface area contributed by atoms with Crippen LogP contribution in [0.1, 0.15) is 30.9 Å². The predicted molar refractivity (Wildman–Crippen MR) is 102 cm³/mol. The van der Waals surface area contributed by atoms with E-state index in [9.17, 15) is 9.59 Å². The highest BCUT2D eigenvalue weighted by Gasteiger charge is 2.12. The normalized spacial score (nSPS) is 11.5. The van der Waals surface area contributed by atoms with Crippen LogP contribution in [0.3, 0.4) is 0 Å². The molecule has 2 aromatic carbocycles. The van der Waals surface area contributed by atoms with Crippen molar-refractivity contribution in [2.24, 2.45) is 5.92 Å². The summed E-state index contributed by atoms with van der Waals surface area (Å²) in [6.07, 6.45) is 2.39. The van der Waals surface area contributed by atoms with E-state index in [1.165, 1.54) is 5.56 Å². The Kier molecular flexibility index (Phi) is 7.68. The number of ether oxygens (including phenoxy) is 1. The van der Waals surface area contributed by atoms with Crippen LogP contribution >= 0.6 is 0 Å². The van der Waals surface area contributed by atoms with Gasteiger partial charge in [-0.15, -0.1) is 0 Å². The highest BCUT2D eigenvalue weighted by Crippen LogP contribution is 2.17. The lowest BCUT2D eigenvalue weighted by molar-refractivity contribution is -0.129. The zero-order valence-electron chi connectivity index (χ0n) is 15.3. The fourth-order valence-electron chi connectivity index (χ4n) is 2.73. The molecule has 138 valence electrons. The zero-order chi connectivity index (χ0) is 18.8. The molecule has 1 unspecified atom stereocenters. The molecule has 0 radical (unpaired) electrons. The molecule has 0 aliphatic rings. The van der Waals surface area contributed by atoms with E-state index in [-0.39, 0.29) is 24.2 Å². The molecule has 5 nitrogen and oxygen atoms in total. The Bertz CT molecular complexity index is 716. The van der Waals surface area contributed by atoms with Crippen molar-refractivity contribution in [3.63, 3.8) is 0 Å². The second-order valence-corrected chi connectivity index (χ2v) is 6.42. The van der Waals surface area contributed by atoms with Crippen LogP contribution in [0.4, 0.5) is 0 Å². The average Bonchev–Trinajstić information content (AvgIpc) is 2.66. The standard InChI is InChI=1S/C21H26N2O3/c1-16(12-13-17-8-4-3-5-9-17)14-20(24)22-23-21(25)15-18-10-6-7-11-19(18)26-2/h3-11,16H,12-15H2,1-2H3,(H,22,24)(H,23,25). The third-order valence-electron chi connectivity index (χ3n) is 4.19. The molecule has 0 aliphatic heterocycles. The van der Waals surface area contributed by atoms with Crippen molar-refractivity contribution in [2.45, 2.75) is 32.6 Å². The van der Waals surface area contributed by atoms with Gasteiger partial charge >= 0.3 is 0 Å². The van der Waals surface area contributed by atoms with E-state index < -0.39 is 0 Å². The quantitative estimate of drug-likeness (QED) is 0.716. The minimum absolute atomic E-state index is 0.147. The SMILES string of the molecule is COc1ccccc1CC(=O)NNC(=O)CC(C)CCc1ccccc1. The third kappa shape index (κ3) is 6.59. The molecule has 0 spiro atoms. The number of methoxy groups -OCH3 is 1. The minimum atomic E-state index is -0.278. The molecule has 2 rings (SSSR count). The van der Waals surface area contributed by atoms with Crippen LogP contribution < -0.4 is 15.6 Å². The van der Waals surface area contributed by atoms with E-state index in [1.54, 1.807) is 13.2 Å². The van der Waals surface area contributed by atoms with Gasteiger partial charge in [-0.1, -0.05) is 55.5 Å². The molecule has 0 aliphatic carbocycles. The van der Waals surface area contributed by atoms with Gasteiger partial charge in [-0.2, -0.15) is 0 Å². The smallest absolute Gasteiger partial charge is 0.242 e. The summed E-state index contributed by atoms with van der Waals surface area (Å²) >= 11 is 0. The van der Waals surface area contributed by atoms with Crippen LogP contribution in [0.15, 0.2) is 54.6 Å². The minimum Gasteiger partial charge on any atom is -0.496 e. The number of carbonyl (C=O) groups excluding carboxylic acids is 2. The Morgan fingerprint density at radius 1 is 0.962 bits per heavy atom. The van der Waals surface area contributed by atoms with Gasteiger partial charge in [-0.05, 0) is 30.4 Å². The first-order valence-corrected chi connectivity index (χ1v) is 8.82. The lowest BCUT2D eigenvalue weighted by Gasteiger charge is -2.13. The van der Waals surface area contributed by atoms with Gasteiger partial charge in [0.25, 0.3) is 0 Å². The topological polar surface area (TPSA) is 67.4 Å². The van der Waals surface area contributed by atoms with Gasteiger partial charge in [0.05, 0.1) is 13.5 Å². The van der Waals surface area contributed by atoms with Crippen molar-refractivity contribution in [3.8, 4) is 5.75 Å². The first-order chi connectivity index (χ1) is 12.6. The zero-order valence-corrected chi connectivity index (χ0v) is 15.3. The monoisotopic (exact) mass is 354 g/mol. The number of amides is 2. The van der Waals surface area contributed by atoms with Crippen molar-refractivity contribution >= 4 is 11.8 Å². The molecule has 0 saturated heterocycles. The Labute approximate surface area is 154 Å². The van der Waals surface area contributed by atoms with Crippen molar-refractivity contribution in [2.75, 3.05) is 7.11 Å². The molecule has 1 atom stereocenters. The lowest BCUT2D eigenvalue weighted by Crippen LogP contribution is -2.42. The Morgan fingerprint density at radius 2 is 1.62 bits per heavy atom. The Morgan fingerprint density at radius 3 is 2.35 bits per heavy atom. The first-order valence-electron chi connectivity index (χ1n) is 8.82. The summed E-state index contributed by atoms with van der Waals surface area (Å²) in [6, 6.07) is 17.5. The number of aryl methyl sites for hydroxylation is 1. The van der Waals surface area contributed by atoms with Gasteiger partial charge in [0.1, 0.15) is 5.75 Å². The molecule has 0 saturated carbocycles. The fraction of sp³-hybridized carbons (Fsp3) is 0.333. The van der Waals surface area contributed by atoms with Crippen LogP contribution in [0, 0.1) is 5.92 Å². The van der Waals surface area contributed by atoms with E-state index in [4.69, 9.17) is 4.74 Å². The van der Waals surface area contributed by atoms with E-state index >= 15 is 0 Å². The molecule has 5 heteroatoms. The van der Waals surface area contributed by atoms with Crippen molar-refractivity contribution < 1.29 is 14.3 Å². The number of nitrogens with one attached hydrogen (secondary N) is 2. The second-order valence-electron chi connectivity index (χ2n) is 6.42. The number of carbonyl (C=O) groups is 2. The maximum atomic E-state index is 12.0. The van der Waals surface area contributed by atoms with Gasteiger partial charge in [0.15, 0.2) is 0 Å². The van der Waals surface area contributed by atoms with Crippen LogP contribution in [0.25, 0.3) is 0 Å². The Balaban J connectivity index is 1.69. The van der Waals surface area contributed by atoms with Crippen LogP contribution in [-0.4, -0.2) is 18.9 Å². The lowest BCUT2D eigenvalue weighted by atomic mass is 9.98. The van der Waals surface area contributed by atoms with Crippen molar-refractivity contribution in [3.05, 3.63) is 65.7 Å². The van der Waals surface area contributed by atoms with Gasteiger partial charge in [-0.3, -0.25) is 20.4 Å². The summed E-state index contributed by atoms with van der Waals surface area (Å²) in [6.45, 7) is 2.04. The molecule has 2 N–H and O–H groups in total. The Hall–Kier alpha value is -2.82. The van der Waals surface area contributed by atoms with Crippen LogP contribution in [-0.2, 0) is 22.4 Å². The largest absolute Gasteiger partial charge is 0.496 e. The first kappa shape index (κ1) is 19.5. The van der Waals surface area contributed by atoms with E-state index in [0.29, 0.717) is 12.2 Å². The molecule has 0 heterocycles. The second kappa shape index (κ2) is 10.2. The average molecular weight is 354 g/mol. The van der Waals surface area contributed by atoms with Crippen molar-refractivity contribution in [1.82, 2.24) is 10.9 Å². The van der Waals surface area contributed by atoms with Crippen LogP contribution in [0.5, 0.6) is 5.75 Å². The van der Waals surface area contributed by atoms with Crippen molar-refractivity contribution in [1.29, 1.82) is 0 Å². The molecule has 0 aromatic heterocycles. The van der Waals surface area contributed by atoms with Gasteiger partial charge in [0.2, 0.25) is 11.8 Å². The summed E-state index contributed by atoms with van der Waals surface area (Å²) in [7, 11) is 1.56. The number of hydrogen-bond acceptors (Lipinski definition) is 3. The van der Waals surface area contributed by atoms with Gasteiger partial charge in [-0.25, -0.2) is 0 Å². The van der Waals surface area contributed by atoms with Gasteiger partial charge < -0.3 is 4.74 Å². The van der Waals surface area contributed by atoms with Crippen LogP contribution in [0.2, 0.25) is 0 Å². The van der Waals surface area contributed by atoms with E-state index in [2.05, 4.69) is 23.0 Å². The highest BCUT2D eigenvalue weighted by atomic mass is 16.5. The number of rotatable bonds is 8. The summed E-state index contributed by atoms with van der Waals surface area (Å²) in [5, 5.41) is 0. The summed E-state index contributed by atoms with van der Waals surface area (Å²) in [5.41, 5.74) is 7.00. The number of hydrogen-bond donors (Lipinski definition) is 2. The number of benzene rings is 2. The maximum absolute atomic E-state index is 12.0. The summed E-state index contributed by atoms with van der Waals surface area (Å²) in [4.78, 5) is 24.0. The van der Waals surface area contributed by atoms with E-state index in [0.717, 1.165) is 18.4 Å². The number of hydrazine groups is 1. The fourth-order valence-corrected chi connectivity index (χ4v) is 2.73. The molecule has 2 aromatic rings. The molecule has 0 bridgehead atoms. The predicted octanol–water partition coefficient (Wildman–Crippen LogP) is 3.04. The summed E-state index contributed by atoms with van der Waals surface area (Å²) < 4.78 is 5.22. The maximum Gasteiger partial charge on any atom is 0.242 e. The van der Waals surface area contributed by atoms with Gasteiger partial charge in [0, 0.05) is 12.0 Å². The third-order valence-corrected chi connectivity index (χ3v) is 4.19. The summed E-state index contributed by atoms with van der Waals surface area (Å²) in [5.74, 6) is 0.434.